The normalized spacial score (nSPS) is 15.6. The fourth-order valence-electron chi connectivity index (χ4n) is 1.68. The van der Waals surface area contributed by atoms with Gasteiger partial charge >= 0.3 is 0 Å². The quantitative estimate of drug-likeness (QED) is 0.844. The van der Waals surface area contributed by atoms with Crippen LogP contribution < -0.4 is 5.32 Å². The van der Waals surface area contributed by atoms with E-state index < -0.39 is 12.1 Å². The summed E-state index contributed by atoms with van der Waals surface area (Å²) in [6, 6.07) is 5.22. The summed E-state index contributed by atoms with van der Waals surface area (Å²) in [5.74, 6) is -0.433. The van der Waals surface area contributed by atoms with Gasteiger partial charge in [-0.05, 0) is 30.9 Å². The molecule has 19 heavy (non-hydrogen) atoms. The van der Waals surface area contributed by atoms with Gasteiger partial charge in [0, 0.05) is 11.7 Å². The first-order valence-corrected chi connectivity index (χ1v) is 7.48. The number of rotatable bonds is 6. The SMILES string of the molecule is CSC(C)CC(=O)NC(C)C(O)c1ccc(F)cc1. The van der Waals surface area contributed by atoms with E-state index in [4.69, 9.17) is 0 Å². The number of hydrogen-bond donors (Lipinski definition) is 2. The second kappa shape index (κ2) is 7.50. The summed E-state index contributed by atoms with van der Waals surface area (Å²) in [6.07, 6.45) is 1.53. The van der Waals surface area contributed by atoms with E-state index in [1.54, 1.807) is 18.7 Å². The number of carbonyl (C=O) groups is 1. The molecule has 2 N–H and O–H groups in total. The molecular formula is C14H20FNO2S. The summed E-state index contributed by atoms with van der Waals surface area (Å²) in [7, 11) is 0. The van der Waals surface area contributed by atoms with Crippen LogP contribution in [0.5, 0.6) is 0 Å². The zero-order valence-electron chi connectivity index (χ0n) is 11.4. The Bertz CT molecular complexity index is 410. The highest BCUT2D eigenvalue weighted by molar-refractivity contribution is 7.99. The van der Waals surface area contributed by atoms with Crippen molar-refractivity contribution in [2.75, 3.05) is 6.26 Å². The molecule has 0 aromatic heterocycles. The first-order chi connectivity index (χ1) is 8.93. The van der Waals surface area contributed by atoms with E-state index in [9.17, 15) is 14.3 Å². The number of thioether (sulfide) groups is 1. The van der Waals surface area contributed by atoms with E-state index in [1.165, 1.54) is 24.3 Å². The van der Waals surface area contributed by atoms with Crippen LogP contribution in [-0.4, -0.2) is 28.6 Å². The molecule has 0 aliphatic carbocycles. The van der Waals surface area contributed by atoms with Gasteiger partial charge in [0.25, 0.3) is 0 Å². The molecule has 0 radical (unpaired) electrons. The van der Waals surface area contributed by atoms with Gasteiger partial charge in [-0.1, -0.05) is 19.1 Å². The third-order valence-electron chi connectivity index (χ3n) is 2.95. The van der Waals surface area contributed by atoms with Crippen LogP contribution in [-0.2, 0) is 4.79 Å². The average Bonchev–Trinajstić information content (AvgIpc) is 2.38. The first kappa shape index (κ1) is 16.0. The van der Waals surface area contributed by atoms with Crippen LogP contribution in [0.3, 0.4) is 0 Å². The molecule has 0 bridgehead atoms. The molecular weight excluding hydrogens is 265 g/mol. The molecule has 1 rings (SSSR count). The van der Waals surface area contributed by atoms with Gasteiger partial charge < -0.3 is 10.4 Å². The molecule has 106 valence electrons. The Morgan fingerprint density at radius 2 is 1.95 bits per heavy atom. The number of amides is 1. The van der Waals surface area contributed by atoms with Crippen molar-refractivity contribution in [2.45, 2.75) is 37.7 Å². The molecule has 1 amide bonds. The Labute approximate surface area is 117 Å². The number of hydrogen-bond acceptors (Lipinski definition) is 3. The molecule has 0 spiro atoms. The minimum atomic E-state index is -0.839. The van der Waals surface area contributed by atoms with Crippen LogP contribution in [0.4, 0.5) is 4.39 Å². The average molecular weight is 285 g/mol. The zero-order chi connectivity index (χ0) is 14.4. The van der Waals surface area contributed by atoms with Crippen molar-refractivity contribution in [1.82, 2.24) is 5.32 Å². The van der Waals surface area contributed by atoms with Crippen LogP contribution in [0.25, 0.3) is 0 Å². The molecule has 0 saturated carbocycles. The molecule has 5 heteroatoms. The second-order valence-electron chi connectivity index (χ2n) is 4.60. The summed E-state index contributed by atoms with van der Waals surface area (Å²) < 4.78 is 12.8. The monoisotopic (exact) mass is 285 g/mol. The van der Waals surface area contributed by atoms with Crippen LogP contribution in [0.2, 0.25) is 0 Å². The predicted octanol–water partition coefficient (Wildman–Crippen LogP) is 2.51. The maximum atomic E-state index is 12.8. The van der Waals surface area contributed by atoms with Gasteiger partial charge in [-0.2, -0.15) is 11.8 Å². The minimum absolute atomic E-state index is 0.0875. The molecule has 3 unspecified atom stereocenters. The highest BCUT2D eigenvalue weighted by atomic mass is 32.2. The molecule has 1 aromatic carbocycles. The van der Waals surface area contributed by atoms with Crippen LogP contribution in [0.15, 0.2) is 24.3 Å². The van der Waals surface area contributed by atoms with Gasteiger partial charge in [-0.25, -0.2) is 4.39 Å². The number of halogens is 1. The van der Waals surface area contributed by atoms with Crippen molar-refractivity contribution in [3.8, 4) is 0 Å². The van der Waals surface area contributed by atoms with E-state index in [-0.39, 0.29) is 17.0 Å². The van der Waals surface area contributed by atoms with Crippen molar-refractivity contribution in [2.24, 2.45) is 0 Å². The van der Waals surface area contributed by atoms with Gasteiger partial charge in [-0.15, -0.1) is 0 Å². The third kappa shape index (κ3) is 5.20. The predicted molar refractivity (Wildman–Crippen MR) is 76.6 cm³/mol. The van der Waals surface area contributed by atoms with E-state index in [2.05, 4.69) is 5.32 Å². The molecule has 3 atom stereocenters. The molecule has 0 fully saturated rings. The fourth-order valence-corrected chi connectivity index (χ4v) is 2.00. The van der Waals surface area contributed by atoms with Gasteiger partial charge in [0.1, 0.15) is 5.82 Å². The number of aliphatic hydroxyl groups excluding tert-OH is 1. The summed E-state index contributed by atoms with van der Waals surface area (Å²) in [4.78, 5) is 11.7. The maximum absolute atomic E-state index is 12.8. The number of carbonyl (C=O) groups excluding carboxylic acids is 1. The van der Waals surface area contributed by atoms with E-state index in [0.29, 0.717) is 12.0 Å². The van der Waals surface area contributed by atoms with Crippen molar-refractivity contribution >= 4 is 17.7 Å². The summed E-state index contributed by atoms with van der Waals surface area (Å²) in [6.45, 7) is 3.71. The topological polar surface area (TPSA) is 49.3 Å². The molecule has 0 aliphatic rings. The first-order valence-electron chi connectivity index (χ1n) is 6.19. The molecule has 1 aromatic rings. The third-order valence-corrected chi connectivity index (χ3v) is 3.92. The Balaban J connectivity index is 2.55. The highest BCUT2D eigenvalue weighted by Gasteiger charge is 2.19. The van der Waals surface area contributed by atoms with Gasteiger partial charge in [0.05, 0.1) is 12.1 Å². The Hall–Kier alpha value is -1.07. The summed E-state index contributed by atoms with van der Waals surface area (Å²) >= 11 is 1.62. The second-order valence-corrected chi connectivity index (χ2v) is 5.88. The molecule has 0 aliphatic heterocycles. The Kier molecular flexibility index (Phi) is 6.31. The van der Waals surface area contributed by atoms with Crippen LogP contribution >= 0.6 is 11.8 Å². The minimum Gasteiger partial charge on any atom is -0.386 e. The van der Waals surface area contributed by atoms with E-state index in [1.807, 2.05) is 13.2 Å². The van der Waals surface area contributed by atoms with Crippen LogP contribution in [0, 0.1) is 5.82 Å². The molecule has 0 heterocycles. The number of benzene rings is 1. The summed E-state index contributed by atoms with van der Waals surface area (Å²) in [5, 5.41) is 13.1. The molecule has 3 nitrogen and oxygen atoms in total. The van der Waals surface area contributed by atoms with E-state index in [0.717, 1.165) is 0 Å². The van der Waals surface area contributed by atoms with Crippen LogP contribution in [0.1, 0.15) is 31.9 Å². The lowest BCUT2D eigenvalue weighted by Crippen LogP contribution is -2.37. The lowest BCUT2D eigenvalue weighted by molar-refractivity contribution is -0.122. The molecule has 0 saturated heterocycles. The smallest absolute Gasteiger partial charge is 0.221 e. The largest absolute Gasteiger partial charge is 0.386 e. The number of nitrogens with one attached hydrogen (secondary N) is 1. The lowest BCUT2D eigenvalue weighted by atomic mass is 10.0. The van der Waals surface area contributed by atoms with Crippen molar-refractivity contribution < 1.29 is 14.3 Å². The lowest BCUT2D eigenvalue weighted by Gasteiger charge is -2.21. The Morgan fingerprint density at radius 1 is 1.37 bits per heavy atom. The van der Waals surface area contributed by atoms with Gasteiger partial charge in [0.15, 0.2) is 0 Å². The standard InChI is InChI=1S/C14H20FNO2S/c1-9(19-3)8-13(17)16-10(2)14(18)11-4-6-12(15)7-5-11/h4-7,9-10,14,18H,8H2,1-3H3,(H,16,17). The van der Waals surface area contributed by atoms with Crippen molar-refractivity contribution in [1.29, 1.82) is 0 Å². The zero-order valence-corrected chi connectivity index (χ0v) is 12.2. The number of aliphatic hydroxyl groups is 1. The van der Waals surface area contributed by atoms with Crippen molar-refractivity contribution in [3.63, 3.8) is 0 Å². The fraction of sp³-hybridized carbons (Fsp3) is 0.500. The van der Waals surface area contributed by atoms with E-state index >= 15 is 0 Å². The van der Waals surface area contributed by atoms with Crippen molar-refractivity contribution in [3.05, 3.63) is 35.6 Å². The maximum Gasteiger partial charge on any atom is 0.221 e. The van der Waals surface area contributed by atoms with Gasteiger partial charge in [0.2, 0.25) is 5.91 Å². The highest BCUT2D eigenvalue weighted by Crippen LogP contribution is 2.17. The Morgan fingerprint density at radius 3 is 2.47 bits per heavy atom. The van der Waals surface area contributed by atoms with Gasteiger partial charge in [-0.3, -0.25) is 4.79 Å². The summed E-state index contributed by atoms with van der Waals surface area (Å²) in [5.41, 5.74) is 0.590.